The number of aromatic nitrogens is 1. The topological polar surface area (TPSA) is 71.1 Å². The Hall–Kier alpha value is -1.92. The van der Waals surface area contributed by atoms with Crippen molar-refractivity contribution in [3.05, 3.63) is 54.4 Å². The largest absolute Gasteiger partial charge is 0.384 e. The number of pyridine rings is 1. The van der Waals surface area contributed by atoms with Crippen LogP contribution in [0.2, 0.25) is 0 Å². The molecule has 0 aliphatic heterocycles. The summed E-state index contributed by atoms with van der Waals surface area (Å²) in [5.41, 5.74) is 1.42. The van der Waals surface area contributed by atoms with Gasteiger partial charge in [0.2, 0.25) is 10.0 Å². The van der Waals surface area contributed by atoms with Gasteiger partial charge in [0, 0.05) is 25.5 Å². The summed E-state index contributed by atoms with van der Waals surface area (Å²) in [6.45, 7) is 2.80. The highest BCUT2D eigenvalue weighted by atomic mass is 32.2. The summed E-state index contributed by atoms with van der Waals surface area (Å²) in [7, 11) is -3.55. The molecule has 5 nitrogen and oxygen atoms in total. The first-order valence-electron chi connectivity index (χ1n) is 6.35. The van der Waals surface area contributed by atoms with Gasteiger partial charge in [0.15, 0.2) is 0 Å². The first-order chi connectivity index (χ1) is 9.63. The van der Waals surface area contributed by atoms with Crippen molar-refractivity contribution in [2.24, 2.45) is 0 Å². The Labute approximate surface area is 119 Å². The molecule has 0 amide bonds. The minimum absolute atomic E-state index is 0.219. The Morgan fingerprint density at radius 3 is 2.65 bits per heavy atom. The lowest BCUT2D eigenvalue weighted by molar-refractivity contribution is 0.581. The van der Waals surface area contributed by atoms with Crippen molar-refractivity contribution >= 4 is 15.7 Å². The second-order valence-electron chi connectivity index (χ2n) is 4.21. The quantitative estimate of drug-likeness (QED) is 0.854. The van der Waals surface area contributed by atoms with Crippen LogP contribution in [0.3, 0.4) is 0 Å². The third kappa shape index (κ3) is 3.55. The van der Waals surface area contributed by atoms with E-state index in [0.717, 1.165) is 5.56 Å². The van der Waals surface area contributed by atoms with Gasteiger partial charge in [-0.1, -0.05) is 18.2 Å². The molecule has 2 N–H and O–H groups in total. The normalized spacial score (nSPS) is 11.2. The van der Waals surface area contributed by atoms with Crippen LogP contribution in [0.15, 0.2) is 53.7 Å². The van der Waals surface area contributed by atoms with Crippen LogP contribution in [0, 0.1) is 0 Å². The number of benzene rings is 1. The molecule has 0 saturated carbocycles. The van der Waals surface area contributed by atoms with Gasteiger partial charge in [-0.15, -0.1) is 0 Å². The lowest BCUT2D eigenvalue weighted by Crippen LogP contribution is -2.24. The highest BCUT2D eigenvalue weighted by Crippen LogP contribution is 2.20. The van der Waals surface area contributed by atoms with E-state index in [1.54, 1.807) is 42.7 Å². The Bertz CT molecular complexity index is 657. The summed E-state index contributed by atoms with van der Waals surface area (Å²) in [6, 6.07) is 10.4. The molecule has 0 radical (unpaired) electrons. The number of nitrogens with zero attached hydrogens (tertiary/aromatic N) is 1. The van der Waals surface area contributed by atoms with Gasteiger partial charge in [0.05, 0.1) is 5.69 Å². The van der Waals surface area contributed by atoms with E-state index in [2.05, 4.69) is 15.0 Å². The molecule has 6 heteroatoms. The summed E-state index contributed by atoms with van der Waals surface area (Å²) in [4.78, 5) is 4.21. The van der Waals surface area contributed by atoms with Gasteiger partial charge >= 0.3 is 0 Å². The number of nitrogens with one attached hydrogen (secondary N) is 2. The summed E-state index contributed by atoms with van der Waals surface area (Å²) in [5, 5.41) is 3.05. The van der Waals surface area contributed by atoms with Gasteiger partial charge in [-0.3, -0.25) is 4.98 Å². The molecule has 1 heterocycles. The molecule has 0 bridgehead atoms. The zero-order valence-electron chi connectivity index (χ0n) is 11.2. The average molecular weight is 291 g/mol. The van der Waals surface area contributed by atoms with E-state index in [4.69, 9.17) is 0 Å². The van der Waals surface area contributed by atoms with Crippen LogP contribution < -0.4 is 10.0 Å². The maximum atomic E-state index is 12.3. The monoisotopic (exact) mass is 291 g/mol. The number of rotatable bonds is 6. The number of anilines is 1. The van der Waals surface area contributed by atoms with Crippen LogP contribution in [-0.4, -0.2) is 19.9 Å². The van der Waals surface area contributed by atoms with Gasteiger partial charge in [-0.2, -0.15) is 0 Å². The van der Waals surface area contributed by atoms with E-state index >= 15 is 0 Å². The number of sulfonamides is 1. The van der Waals surface area contributed by atoms with Gasteiger partial charge in [0.25, 0.3) is 0 Å². The summed E-state index contributed by atoms with van der Waals surface area (Å²) >= 11 is 0. The molecule has 0 fully saturated rings. The van der Waals surface area contributed by atoms with Crippen LogP contribution in [-0.2, 0) is 16.6 Å². The molecule has 0 unspecified atom stereocenters. The van der Waals surface area contributed by atoms with E-state index in [1.165, 1.54) is 0 Å². The Morgan fingerprint density at radius 2 is 1.95 bits per heavy atom. The second kappa shape index (κ2) is 6.49. The second-order valence-corrected chi connectivity index (χ2v) is 5.95. The lowest BCUT2D eigenvalue weighted by Gasteiger charge is -2.12. The molecule has 2 aromatic rings. The molecule has 20 heavy (non-hydrogen) atoms. The van der Waals surface area contributed by atoms with E-state index in [-0.39, 0.29) is 11.4 Å². The minimum Gasteiger partial charge on any atom is -0.384 e. The minimum atomic E-state index is -3.55. The summed E-state index contributed by atoms with van der Waals surface area (Å²) < 4.78 is 27.2. The molecule has 0 aliphatic carbocycles. The molecule has 1 aromatic carbocycles. The molecule has 0 saturated heterocycles. The molecule has 0 aliphatic rings. The smallest absolute Gasteiger partial charge is 0.242 e. The van der Waals surface area contributed by atoms with Crippen LogP contribution in [0.5, 0.6) is 0 Å². The van der Waals surface area contributed by atoms with Gasteiger partial charge in [0.1, 0.15) is 4.90 Å². The third-order valence-electron chi connectivity index (χ3n) is 2.73. The van der Waals surface area contributed by atoms with Crippen LogP contribution in [0.4, 0.5) is 5.69 Å². The Kier molecular flexibility index (Phi) is 4.70. The summed E-state index contributed by atoms with van der Waals surface area (Å²) in [5.74, 6) is 0. The fourth-order valence-electron chi connectivity index (χ4n) is 1.80. The van der Waals surface area contributed by atoms with Crippen LogP contribution >= 0.6 is 0 Å². The maximum absolute atomic E-state index is 12.3. The standard InChI is InChI=1S/C14H17N3O2S/c1-2-16-13-7-3-4-8-14(13)20(18,19)17-11-12-6-5-9-15-10-12/h3-10,16-17H,2,11H2,1H3. The SMILES string of the molecule is CCNc1ccccc1S(=O)(=O)NCc1cccnc1. The Morgan fingerprint density at radius 1 is 1.15 bits per heavy atom. The maximum Gasteiger partial charge on any atom is 0.242 e. The highest BCUT2D eigenvalue weighted by molar-refractivity contribution is 7.89. The van der Waals surface area contributed by atoms with Crippen molar-refractivity contribution in [2.75, 3.05) is 11.9 Å². The molecule has 1 aromatic heterocycles. The first-order valence-corrected chi connectivity index (χ1v) is 7.83. The fourth-order valence-corrected chi connectivity index (χ4v) is 3.00. The molecule has 0 spiro atoms. The average Bonchev–Trinajstić information content (AvgIpc) is 2.47. The van der Waals surface area contributed by atoms with E-state index < -0.39 is 10.0 Å². The number of hydrogen-bond donors (Lipinski definition) is 2. The highest BCUT2D eigenvalue weighted by Gasteiger charge is 2.17. The van der Waals surface area contributed by atoms with Crippen molar-refractivity contribution in [1.29, 1.82) is 0 Å². The van der Waals surface area contributed by atoms with E-state index in [1.807, 2.05) is 13.0 Å². The van der Waals surface area contributed by atoms with Crippen molar-refractivity contribution in [2.45, 2.75) is 18.4 Å². The third-order valence-corrected chi connectivity index (χ3v) is 4.19. The predicted molar refractivity (Wildman–Crippen MR) is 78.9 cm³/mol. The predicted octanol–water partition coefficient (Wildman–Crippen LogP) is 1.99. The van der Waals surface area contributed by atoms with Gasteiger partial charge in [-0.25, -0.2) is 13.1 Å². The number of hydrogen-bond acceptors (Lipinski definition) is 4. The van der Waals surface area contributed by atoms with Crippen molar-refractivity contribution in [3.8, 4) is 0 Å². The zero-order chi connectivity index (χ0) is 14.4. The van der Waals surface area contributed by atoms with E-state index in [0.29, 0.717) is 12.2 Å². The molecule has 2 rings (SSSR count). The summed E-state index contributed by atoms with van der Waals surface area (Å²) in [6.07, 6.45) is 3.29. The van der Waals surface area contributed by atoms with Crippen LogP contribution in [0.25, 0.3) is 0 Å². The molecule has 106 valence electrons. The zero-order valence-corrected chi connectivity index (χ0v) is 12.0. The molecule has 0 atom stereocenters. The van der Waals surface area contributed by atoms with Gasteiger partial charge in [-0.05, 0) is 30.7 Å². The van der Waals surface area contributed by atoms with Crippen molar-refractivity contribution in [3.63, 3.8) is 0 Å². The molecular weight excluding hydrogens is 274 g/mol. The first kappa shape index (κ1) is 14.5. The lowest BCUT2D eigenvalue weighted by atomic mass is 10.3. The van der Waals surface area contributed by atoms with Crippen molar-refractivity contribution in [1.82, 2.24) is 9.71 Å². The van der Waals surface area contributed by atoms with Crippen molar-refractivity contribution < 1.29 is 8.42 Å². The van der Waals surface area contributed by atoms with Crippen LogP contribution in [0.1, 0.15) is 12.5 Å². The van der Waals surface area contributed by atoms with E-state index in [9.17, 15) is 8.42 Å². The number of para-hydroxylation sites is 1. The fraction of sp³-hybridized carbons (Fsp3) is 0.214. The molecular formula is C14H17N3O2S. The van der Waals surface area contributed by atoms with Gasteiger partial charge < -0.3 is 5.32 Å². The Balaban J connectivity index is 2.18.